The second-order valence-electron chi connectivity index (χ2n) is 8.25. The van der Waals surface area contributed by atoms with Crippen LogP contribution in [0, 0.1) is 6.92 Å². The largest absolute Gasteiger partial charge is 0.497 e. The first kappa shape index (κ1) is 24.6. The van der Waals surface area contributed by atoms with Crippen molar-refractivity contribution in [2.24, 2.45) is 0 Å². The van der Waals surface area contributed by atoms with Crippen molar-refractivity contribution < 1.29 is 22.7 Å². The number of ether oxygens (including phenoxy) is 2. The topological polar surface area (TPSA) is 97.5 Å². The molecule has 0 aliphatic rings. The Kier molecular flexibility index (Phi) is 6.78. The van der Waals surface area contributed by atoms with E-state index in [0.29, 0.717) is 33.3 Å². The number of Topliss-reactive ketones (excluding diaryl/α,β-unsaturated/α-hetero) is 1. The smallest absolute Gasteiger partial charge is 0.191 e. The standard InChI is InChI=1S/C26H25ClN2O5S/c1-15-5-8-23-21(9-15)22(14-28-23)26(30)25(20-7-6-16(27)10-24(20)34-3)29-17-11-18(33-2)13-19(12-17)35(4,31)32/h5-14,25,28-29H,1-4H3. The molecule has 35 heavy (non-hydrogen) atoms. The Balaban J connectivity index is 1.88. The number of benzene rings is 3. The molecule has 1 atom stereocenters. The lowest BCUT2D eigenvalue weighted by atomic mass is 9.95. The van der Waals surface area contributed by atoms with Crippen LogP contribution in [0.1, 0.15) is 27.5 Å². The summed E-state index contributed by atoms with van der Waals surface area (Å²) in [6, 6.07) is 14.5. The van der Waals surface area contributed by atoms with Crippen LogP contribution in [0.25, 0.3) is 10.9 Å². The summed E-state index contributed by atoms with van der Waals surface area (Å²) in [6.45, 7) is 1.96. The van der Waals surface area contributed by atoms with E-state index in [4.69, 9.17) is 21.1 Å². The van der Waals surface area contributed by atoms with Gasteiger partial charge in [-0.2, -0.15) is 0 Å². The van der Waals surface area contributed by atoms with Crippen molar-refractivity contribution in [1.29, 1.82) is 0 Å². The maximum absolute atomic E-state index is 14.0. The number of fused-ring (bicyclic) bond motifs is 1. The predicted molar refractivity (Wildman–Crippen MR) is 138 cm³/mol. The predicted octanol–water partition coefficient (Wildman–Crippen LogP) is 5.59. The highest BCUT2D eigenvalue weighted by atomic mass is 35.5. The van der Waals surface area contributed by atoms with Gasteiger partial charge in [-0.15, -0.1) is 0 Å². The van der Waals surface area contributed by atoms with Crippen molar-refractivity contribution in [3.05, 3.63) is 82.5 Å². The zero-order valence-corrected chi connectivity index (χ0v) is 21.3. The van der Waals surface area contributed by atoms with Crippen LogP contribution in [-0.2, 0) is 9.84 Å². The molecular weight excluding hydrogens is 488 g/mol. The van der Waals surface area contributed by atoms with Crippen LogP contribution in [0.5, 0.6) is 11.5 Å². The number of aryl methyl sites for hydroxylation is 1. The van der Waals surface area contributed by atoms with E-state index in [9.17, 15) is 13.2 Å². The fourth-order valence-corrected chi connectivity index (χ4v) is 4.79. The molecule has 1 aromatic heterocycles. The highest BCUT2D eigenvalue weighted by molar-refractivity contribution is 7.90. The van der Waals surface area contributed by atoms with Crippen LogP contribution < -0.4 is 14.8 Å². The molecule has 0 saturated carbocycles. The van der Waals surface area contributed by atoms with Gasteiger partial charge >= 0.3 is 0 Å². The number of halogens is 1. The summed E-state index contributed by atoms with van der Waals surface area (Å²) in [5.74, 6) is 0.532. The van der Waals surface area contributed by atoms with E-state index in [2.05, 4.69) is 10.3 Å². The van der Waals surface area contributed by atoms with E-state index in [0.717, 1.165) is 22.7 Å². The van der Waals surface area contributed by atoms with Crippen LogP contribution in [0.3, 0.4) is 0 Å². The van der Waals surface area contributed by atoms with Crippen LogP contribution >= 0.6 is 11.6 Å². The van der Waals surface area contributed by atoms with Gasteiger partial charge in [0.1, 0.15) is 17.5 Å². The number of sulfone groups is 1. The average molecular weight is 513 g/mol. The number of hydrogen-bond donors (Lipinski definition) is 2. The van der Waals surface area contributed by atoms with Gasteiger partial charge in [0, 0.05) is 51.3 Å². The zero-order valence-electron chi connectivity index (χ0n) is 19.7. The molecular formula is C26H25ClN2O5S. The molecule has 9 heteroatoms. The van der Waals surface area contributed by atoms with Crippen molar-refractivity contribution in [2.45, 2.75) is 17.9 Å². The van der Waals surface area contributed by atoms with Crippen LogP contribution in [-0.4, -0.2) is 39.7 Å². The number of carbonyl (C=O) groups is 1. The summed E-state index contributed by atoms with van der Waals surface area (Å²) in [5, 5.41) is 4.46. The lowest BCUT2D eigenvalue weighted by Gasteiger charge is -2.22. The van der Waals surface area contributed by atoms with Gasteiger partial charge in [-0.1, -0.05) is 29.3 Å². The van der Waals surface area contributed by atoms with Crippen LogP contribution in [0.4, 0.5) is 5.69 Å². The Bertz CT molecular complexity index is 1530. The highest BCUT2D eigenvalue weighted by Crippen LogP contribution is 2.35. The van der Waals surface area contributed by atoms with Crippen molar-refractivity contribution in [3.63, 3.8) is 0 Å². The average Bonchev–Trinajstić information content (AvgIpc) is 3.24. The summed E-state index contributed by atoms with van der Waals surface area (Å²) < 4.78 is 35.4. The molecule has 7 nitrogen and oxygen atoms in total. The second-order valence-corrected chi connectivity index (χ2v) is 10.7. The maximum atomic E-state index is 14.0. The number of rotatable bonds is 8. The summed E-state index contributed by atoms with van der Waals surface area (Å²) in [4.78, 5) is 17.2. The third kappa shape index (κ3) is 5.13. The SMILES string of the molecule is COc1cc(NC(C(=O)c2c[nH]c3ccc(C)cc23)c2ccc(Cl)cc2OC)cc(S(C)(=O)=O)c1. The first-order chi connectivity index (χ1) is 16.6. The first-order valence-corrected chi connectivity index (χ1v) is 13.0. The Morgan fingerprint density at radius 1 is 1.03 bits per heavy atom. The summed E-state index contributed by atoms with van der Waals surface area (Å²) >= 11 is 6.17. The minimum atomic E-state index is -3.53. The van der Waals surface area contributed by atoms with E-state index >= 15 is 0 Å². The third-order valence-electron chi connectivity index (χ3n) is 5.73. The van der Waals surface area contributed by atoms with Crippen molar-refractivity contribution >= 4 is 43.8 Å². The normalized spacial score (nSPS) is 12.4. The molecule has 4 aromatic rings. The molecule has 3 aromatic carbocycles. The molecule has 0 bridgehead atoms. The van der Waals surface area contributed by atoms with Crippen LogP contribution in [0.2, 0.25) is 5.02 Å². The molecule has 1 unspecified atom stereocenters. The fraction of sp³-hybridized carbons (Fsp3) is 0.192. The molecule has 0 aliphatic carbocycles. The Morgan fingerprint density at radius 3 is 2.49 bits per heavy atom. The molecule has 182 valence electrons. The number of methoxy groups -OCH3 is 2. The number of H-pyrrole nitrogens is 1. The van der Waals surface area contributed by atoms with Gasteiger partial charge in [0.2, 0.25) is 0 Å². The summed E-state index contributed by atoms with van der Waals surface area (Å²) in [5.41, 5.74) is 3.29. The van der Waals surface area contributed by atoms with E-state index in [1.807, 2.05) is 25.1 Å². The molecule has 0 radical (unpaired) electrons. The van der Waals surface area contributed by atoms with Gasteiger partial charge in [0.15, 0.2) is 15.6 Å². The second kappa shape index (κ2) is 9.64. The number of anilines is 1. The summed E-state index contributed by atoms with van der Waals surface area (Å²) in [6.07, 6.45) is 2.79. The first-order valence-electron chi connectivity index (χ1n) is 10.7. The number of hydrogen-bond acceptors (Lipinski definition) is 6. The number of carbonyl (C=O) groups excluding carboxylic acids is 1. The molecule has 0 saturated heterocycles. The van der Waals surface area contributed by atoms with E-state index in [1.165, 1.54) is 26.4 Å². The maximum Gasteiger partial charge on any atom is 0.191 e. The van der Waals surface area contributed by atoms with Gasteiger partial charge in [0.25, 0.3) is 0 Å². The molecule has 0 aliphatic heterocycles. The van der Waals surface area contributed by atoms with E-state index < -0.39 is 15.9 Å². The lowest BCUT2D eigenvalue weighted by Crippen LogP contribution is -2.22. The summed E-state index contributed by atoms with van der Waals surface area (Å²) in [7, 11) is -0.578. The van der Waals surface area contributed by atoms with Crippen LogP contribution in [0.15, 0.2) is 65.7 Å². The number of ketones is 1. The van der Waals surface area contributed by atoms with Gasteiger partial charge in [-0.05, 0) is 43.3 Å². The number of aromatic nitrogens is 1. The van der Waals surface area contributed by atoms with Gasteiger partial charge in [-0.3, -0.25) is 4.79 Å². The van der Waals surface area contributed by atoms with E-state index in [1.54, 1.807) is 30.5 Å². The minimum Gasteiger partial charge on any atom is -0.497 e. The minimum absolute atomic E-state index is 0.0661. The molecule has 4 rings (SSSR count). The zero-order chi connectivity index (χ0) is 25.3. The van der Waals surface area contributed by atoms with Gasteiger partial charge < -0.3 is 19.8 Å². The highest BCUT2D eigenvalue weighted by Gasteiger charge is 2.28. The monoisotopic (exact) mass is 512 g/mol. The van der Waals surface area contributed by atoms with Crippen molar-refractivity contribution in [2.75, 3.05) is 25.8 Å². The number of nitrogens with one attached hydrogen (secondary N) is 2. The van der Waals surface area contributed by atoms with Crippen molar-refractivity contribution in [1.82, 2.24) is 4.98 Å². The Hall–Kier alpha value is -3.49. The molecule has 0 amide bonds. The van der Waals surface area contributed by atoms with E-state index in [-0.39, 0.29) is 10.7 Å². The third-order valence-corrected chi connectivity index (χ3v) is 7.05. The number of aromatic amines is 1. The Labute approximate surface area is 208 Å². The van der Waals surface area contributed by atoms with Gasteiger partial charge in [0.05, 0.1) is 19.1 Å². The Morgan fingerprint density at radius 2 is 1.80 bits per heavy atom. The van der Waals surface area contributed by atoms with Crippen molar-refractivity contribution in [3.8, 4) is 11.5 Å². The molecule has 1 heterocycles. The molecule has 2 N–H and O–H groups in total. The van der Waals surface area contributed by atoms with Gasteiger partial charge in [-0.25, -0.2) is 8.42 Å². The lowest BCUT2D eigenvalue weighted by molar-refractivity contribution is 0.0970. The fourth-order valence-electron chi connectivity index (χ4n) is 3.96. The molecule has 0 spiro atoms. The quantitative estimate of drug-likeness (QED) is 0.299. The molecule has 0 fully saturated rings.